The summed E-state index contributed by atoms with van der Waals surface area (Å²) in [5.41, 5.74) is 3.18. The van der Waals surface area contributed by atoms with Gasteiger partial charge in [-0.25, -0.2) is 0 Å². The molecule has 0 unspecified atom stereocenters. The van der Waals surface area contributed by atoms with Crippen LogP contribution in [0.15, 0.2) is 18.2 Å². The summed E-state index contributed by atoms with van der Waals surface area (Å²) < 4.78 is 0. The minimum atomic E-state index is 0.188. The fourth-order valence-electron chi connectivity index (χ4n) is 1.98. The Hall–Kier alpha value is -1.31. The molecule has 1 heterocycles. The maximum absolute atomic E-state index is 12.0. The molecule has 2 nitrogen and oxygen atoms in total. The molecule has 1 aliphatic rings. The second-order valence-corrected chi connectivity index (χ2v) is 4.14. The fraction of sp³-hybridized carbons (Fsp3) is 0.417. The molecule has 0 radical (unpaired) electrons. The van der Waals surface area contributed by atoms with Gasteiger partial charge in [-0.3, -0.25) is 4.79 Å². The van der Waals surface area contributed by atoms with Crippen molar-refractivity contribution < 1.29 is 4.79 Å². The number of carbonyl (C=O) groups is 1. The maximum atomic E-state index is 12.0. The zero-order chi connectivity index (χ0) is 10.3. The lowest BCUT2D eigenvalue weighted by Crippen LogP contribution is -2.30. The highest BCUT2D eigenvalue weighted by Gasteiger charge is 2.29. The SMILES string of the molecule is Cc1cccc2c1C(=O)N(C(C)C)C2. The predicted octanol–water partition coefficient (Wildman–Crippen LogP) is 2.36. The average Bonchev–Trinajstić information content (AvgIpc) is 2.45. The van der Waals surface area contributed by atoms with Crippen molar-refractivity contribution in [3.63, 3.8) is 0 Å². The molecule has 0 spiro atoms. The Kier molecular flexibility index (Phi) is 2.06. The molecule has 1 aromatic carbocycles. The van der Waals surface area contributed by atoms with Gasteiger partial charge in [0.05, 0.1) is 0 Å². The van der Waals surface area contributed by atoms with Gasteiger partial charge in [0.1, 0.15) is 0 Å². The van der Waals surface area contributed by atoms with Gasteiger partial charge in [0, 0.05) is 18.2 Å². The molecule has 0 fully saturated rings. The number of nitrogens with zero attached hydrogens (tertiary/aromatic N) is 1. The van der Waals surface area contributed by atoms with E-state index in [2.05, 4.69) is 13.8 Å². The summed E-state index contributed by atoms with van der Waals surface area (Å²) in [6, 6.07) is 6.35. The molecular formula is C12H15NO. The Morgan fingerprint density at radius 2 is 2.07 bits per heavy atom. The van der Waals surface area contributed by atoms with Gasteiger partial charge in [-0.15, -0.1) is 0 Å². The first-order chi connectivity index (χ1) is 6.61. The normalized spacial score (nSPS) is 15.1. The molecule has 0 saturated carbocycles. The number of amides is 1. The molecule has 2 rings (SSSR count). The van der Waals surface area contributed by atoms with Gasteiger partial charge in [0.15, 0.2) is 0 Å². The number of benzene rings is 1. The number of hydrogen-bond donors (Lipinski definition) is 0. The Labute approximate surface area is 84.5 Å². The van der Waals surface area contributed by atoms with E-state index in [1.807, 2.05) is 30.0 Å². The van der Waals surface area contributed by atoms with Crippen LogP contribution in [0.2, 0.25) is 0 Å². The van der Waals surface area contributed by atoms with E-state index in [4.69, 9.17) is 0 Å². The summed E-state index contributed by atoms with van der Waals surface area (Å²) in [5, 5.41) is 0. The minimum Gasteiger partial charge on any atom is -0.332 e. The van der Waals surface area contributed by atoms with Crippen LogP contribution in [0.4, 0.5) is 0 Å². The molecule has 0 N–H and O–H groups in total. The third-order valence-corrected chi connectivity index (χ3v) is 2.80. The molecule has 2 heteroatoms. The predicted molar refractivity (Wildman–Crippen MR) is 56.2 cm³/mol. The molecule has 0 aromatic heterocycles. The first kappa shape index (κ1) is 9.25. The van der Waals surface area contributed by atoms with Crippen LogP contribution in [0.3, 0.4) is 0 Å². The molecule has 0 bridgehead atoms. The summed E-state index contributed by atoms with van der Waals surface area (Å²) >= 11 is 0. The van der Waals surface area contributed by atoms with Crippen LogP contribution in [-0.4, -0.2) is 16.8 Å². The number of rotatable bonds is 1. The van der Waals surface area contributed by atoms with E-state index in [0.717, 1.165) is 17.7 Å². The van der Waals surface area contributed by atoms with Crippen molar-refractivity contribution in [2.75, 3.05) is 0 Å². The second-order valence-electron chi connectivity index (χ2n) is 4.14. The number of carbonyl (C=O) groups excluding carboxylic acids is 1. The van der Waals surface area contributed by atoms with E-state index >= 15 is 0 Å². The summed E-state index contributed by atoms with van der Waals surface area (Å²) in [6.45, 7) is 6.88. The van der Waals surface area contributed by atoms with Gasteiger partial charge < -0.3 is 4.90 Å². The van der Waals surface area contributed by atoms with Gasteiger partial charge in [-0.1, -0.05) is 18.2 Å². The van der Waals surface area contributed by atoms with Crippen molar-refractivity contribution in [3.8, 4) is 0 Å². The summed E-state index contributed by atoms with van der Waals surface area (Å²) in [6.07, 6.45) is 0. The van der Waals surface area contributed by atoms with Crippen molar-refractivity contribution in [2.24, 2.45) is 0 Å². The van der Waals surface area contributed by atoms with Crippen LogP contribution in [0, 0.1) is 6.92 Å². The standard InChI is InChI=1S/C12H15NO/c1-8(2)13-7-10-6-4-5-9(3)11(10)12(13)14/h4-6,8H,7H2,1-3H3. The van der Waals surface area contributed by atoms with Crippen molar-refractivity contribution in [1.82, 2.24) is 4.90 Å². The van der Waals surface area contributed by atoms with E-state index < -0.39 is 0 Å². The van der Waals surface area contributed by atoms with E-state index in [9.17, 15) is 4.79 Å². The van der Waals surface area contributed by atoms with Crippen molar-refractivity contribution in [1.29, 1.82) is 0 Å². The van der Waals surface area contributed by atoms with Gasteiger partial charge >= 0.3 is 0 Å². The smallest absolute Gasteiger partial charge is 0.255 e. The Morgan fingerprint density at radius 3 is 2.64 bits per heavy atom. The fourth-order valence-corrected chi connectivity index (χ4v) is 1.98. The van der Waals surface area contributed by atoms with Crippen LogP contribution >= 0.6 is 0 Å². The van der Waals surface area contributed by atoms with Crippen LogP contribution in [0.5, 0.6) is 0 Å². The van der Waals surface area contributed by atoms with Gasteiger partial charge in [-0.05, 0) is 31.9 Å². The highest BCUT2D eigenvalue weighted by atomic mass is 16.2. The molecule has 14 heavy (non-hydrogen) atoms. The third-order valence-electron chi connectivity index (χ3n) is 2.80. The van der Waals surface area contributed by atoms with E-state index in [-0.39, 0.29) is 11.9 Å². The molecule has 74 valence electrons. The highest BCUT2D eigenvalue weighted by Crippen LogP contribution is 2.26. The zero-order valence-electron chi connectivity index (χ0n) is 8.87. The first-order valence-electron chi connectivity index (χ1n) is 5.00. The molecular weight excluding hydrogens is 174 g/mol. The molecule has 1 amide bonds. The number of hydrogen-bond acceptors (Lipinski definition) is 1. The average molecular weight is 189 g/mol. The van der Waals surface area contributed by atoms with Gasteiger partial charge in [0.2, 0.25) is 0 Å². The molecule has 0 atom stereocenters. The third kappa shape index (κ3) is 1.22. The largest absolute Gasteiger partial charge is 0.332 e. The van der Waals surface area contributed by atoms with Crippen LogP contribution < -0.4 is 0 Å². The molecule has 1 aromatic rings. The molecule has 0 saturated heterocycles. The number of aryl methyl sites for hydroxylation is 1. The van der Waals surface area contributed by atoms with Crippen LogP contribution in [0.25, 0.3) is 0 Å². The first-order valence-corrected chi connectivity index (χ1v) is 5.00. The molecule has 1 aliphatic heterocycles. The minimum absolute atomic E-state index is 0.188. The van der Waals surface area contributed by atoms with Crippen molar-refractivity contribution >= 4 is 5.91 Å². The number of fused-ring (bicyclic) bond motifs is 1. The maximum Gasteiger partial charge on any atom is 0.255 e. The quantitative estimate of drug-likeness (QED) is 0.664. The lowest BCUT2D eigenvalue weighted by Gasteiger charge is -2.19. The highest BCUT2D eigenvalue weighted by molar-refractivity contribution is 5.99. The molecule has 0 aliphatic carbocycles. The monoisotopic (exact) mass is 189 g/mol. The summed E-state index contributed by atoms with van der Waals surface area (Å²) in [4.78, 5) is 13.9. The lowest BCUT2D eigenvalue weighted by molar-refractivity contribution is 0.0730. The van der Waals surface area contributed by atoms with E-state index in [0.29, 0.717) is 0 Å². The second kappa shape index (κ2) is 3.12. The zero-order valence-corrected chi connectivity index (χ0v) is 8.87. The van der Waals surface area contributed by atoms with Crippen molar-refractivity contribution in [3.05, 3.63) is 34.9 Å². The van der Waals surface area contributed by atoms with E-state index in [1.54, 1.807) is 0 Å². The Bertz CT molecular complexity index is 382. The van der Waals surface area contributed by atoms with Crippen LogP contribution in [0.1, 0.15) is 35.3 Å². The summed E-state index contributed by atoms with van der Waals surface area (Å²) in [5.74, 6) is 0.188. The summed E-state index contributed by atoms with van der Waals surface area (Å²) in [7, 11) is 0. The lowest BCUT2D eigenvalue weighted by atomic mass is 10.0. The Balaban J connectivity index is 2.46. The van der Waals surface area contributed by atoms with Gasteiger partial charge in [0.25, 0.3) is 5.91 Å². The topological polar surface area (TPSA) is 20.3 Å². The van der Waals surface area contributed by atoms with Crippen molar-refractivity contribution in [2.45, 2.75) is 33.4 Å². The van der Waals surface area contributed by atoms with Gasteiger partial charge in [-0.2, -0.15) is 0 Å². The van der Waals surface area contributed by atoms with E-state index in [1.165, 1.54) is 5.56 Å². The Morgan fingerprint density at radius 1 is 1.36 bits per heavy atom. The van der Waals surface area contributed by atoms with Crippen LogP contribution in [-0.2, 0) is 6.54 Å².